The molecule has 0 aliphatic rings. The Kier molecular flexibility index (Phi) is 11.4. The van der Waals surface area contributed by atoms with Crippen LogP contribution in [0.2, 0.25) is 0 Å². The van der Waals surface area contributed by atoms with E-state index in [1.807, 2.05) is 0 Å². The van der Waals surface area contributed by atoms with E-state index in [0.717, 1.165) is 31.5 Å². The normalized spacial score (nSPS) is 11.6. The molecule has 4 N–H and O–H groups in total. The van der Waals surface area contributed by atoms with Crippen LogP contribution in [0.5, 0.6) is 0 Å². The summed E-state index contributed by atoms with van der Waals surface area (Å²) in [5, 5.41) is 21.3. The maximum atomic E-state index is 12.6. The SMILES string of the molecule is Cc1c(N)cc(C(F)(F)F)c(C)c1N.Cc1c([N+](=O)[O-])cc(C(F)(F)F)c(C)c1[N+](=O)[O-].Cc1ccc(C(F)(F)F)c(C)c1. The van der Waals surface area contributed by atoms with Gasteiger partial charge in [-0.25, -0.2) is 0 Å². The summed E-state index contributed by atoms with van der Waals surface area (Å²) in [7, 11) is 0. The van der Waals surface area contributed by atoms with Crippen LogP contribution >= 0.6 is 0 Å². The molecular weight excluding hydrogens is 615 g/mol. The highest BCUT2D eigenvalue weighted by atomic mass is 19.4. The summed E-state index contributed by atoms with van der Waals surface area (Å²) in [6.07, 6.45) is -13.5. The Bertz CT molecular complexity index is 1570. The van der Waals surface area contributed by atoms with Gasteiger partial charge in [0.15, 0.2) is 0 Å². The fourth-order valence-electron chi connectivity index (χ4n) is 4.02. The van der Waals surface area contributed by atoms with Gasteiger partial charge < -0.3 is 11.5 Å². The van der Waals surface area contributed by atoms with Gasteiger partial charge in [0.1, 0.15) is 5.56 Å². The molecule has 0 radical (unpaired) electrons. The van der Waals surface area contributed by atoms with E-state index in [9.17, 15) is 59.7 Å². The van der Waals surface area contributed by atoms with Crippen molar-refractivity contribution in [1.29, 1.82) is 0 Å². The summed E-state index contributed by atoms with van der Waals surface area (Å²) in [6.45, 7) is 8.13. The molecule has 44 heavy (non-hydrogen) atoms. The predicted octanol–water partition coefficient (Wildman–Crippen LogP) is 8.95. The number of benzene rings is 3. The van der Waals surface area contributed by atoms with E-state index in [4.69, 9.17) is 11.5 Å². The van der Waals surface area contributed by atoms with Crippen LogP contribution in [0.1, 0.15) is 50.1 Å². The lowest BCUT2D eigenvalue weighted by atomic mass is 10.0. The second kappa shape index (κ2) is 13.4. The lowest BCUT2D eigenvalue weighted by Crippen LogP contribution is -2.11. The zero-order valence-electron chi connectivity index (χ0n) is 24.0. The van der Waals surface area contributed by atoms with Crippen LogP contribution < -0.4 is 11.5 Å². The highest BCUT2D eigenvalue weighted by Gasteiger charge is 2.39. The highest BCUT2D eigenvalue weighted by molar-refractivity contribution is 5.67. The van der Waals surface area contributed by atoms with E-state index >= 15 is 0 Å². The molecule has 0 heterocycles. The number of rotatable bonds is 2. The van der Waals surface area contributed by atoms with Gasteiger partial charge in [0, 0.05) is 23.0 Å². The minimum Gasteiger partial charge on any atom is -0.398 e. The average Bonchev–Trinajstić information content (AvgIpc) is 2.83. The first-order valence-electron chi connectivity index (χ1n) is 12.1. The van der Waals surface area contributed by atoms with Crippen LogP contribution in [0.25, 0.3) is 0 Å². The molecule has 0 atom stereocenters. The largest absolute Gasteiger partial charge is 0.417 e. The molecule has 0 saturated carbocycles. The van der Waals surface area contributed by atoms with Gasteiger partial charge >= 0.3 is 18.5 Å². The molecule has 3 aromatic carbocycles. The summed E-state index contributed by atoms with van der Waals surface area (Å²) < 4.78 is 112. The fourth-order valence-corrected chi connectivity index (χ4v) is 4.02. The molecule has 3 aromatic rings. The summed E-state index contributed by atoms with van der Waals surface area (Å²) in [4.78, 5) is 19.2. The Morgan fingerprint density at radius 1 is 0.591 bits per heavy atom. The summed E-state index contributed by atoms with van der Waals surface area (Å²) in [5.41, 5.74) is 7.24. The molecule has 0 fully saturated rings. The van der Waals surface area contributed by atoms with E-state index in [-0.39, 0.29) is 22.5 Å². The number of nitrogens with two attached hydrogens (primary N) is 2. The van der Waals surface area contributed by atoms with Crippen molar-refractivity contribution in [1.82, 2.24) is 0 Å². The van der Waals surface area contributed by atoms with E-state index in [0.29, 0.717) is 11.6 Å². The lowest BCUT2D eigenvalue weighted by molar-refractivity contribution is -0.396. The molecule has 3 rings (SSSR count). The van der Waals surface area contributed by atoms with Crippen LogP contribution in [0.4, 0.5) is 62.3 Å². The second-order valence-electron chi connectivity index (χ2n) is 9.54. The zero-order chi connectivity index (χ0) is 34.7. The van der Waals surface area contributed by atoms with Crippen molar-refractivity contribution in [3.63, 3.8) is 0 Å². The Labute approximate surface area is 244 Å². The van der Waals surface area contributed by atoms with Crippen LogP contribution in [0.3, 0.4) is 0 Å². The number of nitro benzene ring substituents is 2. The van der Waals surface area contributed by atoms with Crippen LogP contribution in [0, 0.1) is 61.8 Å². The molecule has 8 nitrogen and oxygen atoms in total. The number of nitrogen functional groups attached to an aromatic ring is 2. The van der Waals surface area contributed by atoms with Gasteiger partial charge in [-0.1, -0.05) is 17.7 Å². The Balaban J connectivity index is 0.000000337. The van der Waals surface area contributed by atoms with Crippen LogP contribution in [-0.2, 0) is 18.5 Å². The van der Waals surface area contributed by atoms with Crippen molar-refractivity contribution in [3.8, 4) is 0 Å². The van der Waals surface area contributed by atoms with Gasteiger partial charge in [-0.15, -0.1) is 0 Å². The Hall–Kier alpha value is -4.57. The number of nitrogens with zero attached hydrogens (tertiary/aromatic N) is 2. The standard InChI is InChI=1S/C9H7F3N2O4.C9H11F3N2.C9H9F3/c1-4-6(9(10,11)12)3-7(13(15)16)5(2)8(4)14(17)18;1-4-6(9(10,11)12)3-7(13)5(2)8(4)14;1-6-3-4-8(7(2)5-6)9(10,11)12/h3H,1-2H3;3H,13-14H2,1-2H3;3-5H,1-2H3. The summed E-state index contributed by atoms with van der Waals surface area (Å²) in [5.74, 6) is 0. The number of hydrogen-bond donors (Lipinski definition) is 2. The first-order valence-corrected chi connectivity index (χ1v) is 12.1. The smallest absolute Gasteiger partial charge is 0.398 e. The summed E-state index contributed by atoms with van der Waals surface area (Å²) in [6, 6.07) is 5.35. The van der Waals surface area contributed by atoms with Gasteiger partial charge in [0.25, 0.3) is 11.4 Å². The van der Waals surface area contributed by atoms with E-state index in [1.54, 1.807) is 13.8 Å². The van der Waals surface area contributed by atoms with Crippen LogP contribution in [-0.4, -0.2) is 9.85 Å². The van der Waals surface area contributed by atoms with Gasteiger partial charge in [0.05, 0.1) is 26.5 Å². The minimum absolute atomic E-state index is 0.0317. The van der Waals surface area contributed by atoms with Crippen molar-refractivity contribution in [3.05, 3.63) is 101 Å². The van der Waals surface area contributed by atoms with Crippen molar-refractivity contribution in [2.45, 2.75) is 60.1 Å². The quantitative estimate of drug-likeness (QED) is 0.124. The minimum atomic E-state index is -4.88. The number of halogens is 9. The monoisotopic (exact) mass is 642 g/mol. The maximum absolute atomic E-state index is 12.6. The third-order valence-electron chi connectivity index (χ3n) is 6.40. The first-order chi connectivity index (χ1) is 19.7. The zero-order valence-corrected chi connectivity index (χ0v) is 24.0. The van der Waals surface area contributed by atoms with Gasteiger partial charge in [-0.2, -0.15) is 39.5 Å². The molecular formula is C27H27F9N4O4. The Morgan fingerprint density at radius 3 is 1.43 bits per heavy atom. The van der Waals surface area contributed by atoms with Crippen LogP contribution in [0.15, 0.2) is 30.3 Å². The number of aryl methyl sites for hydroxylation is 2. The highest BCUT2D eigenvalue weighted by Crippen LogP contribution is 2.41. The third kappa shape index (κ3) is 8.97. The van der Waals surface area contributed by atoms with Gasteiger partial charge in [-0.3, -0.25) is 20.2 Å². The molecule has 0 aromatic heterocycles. The van der Waals surface area contributed by atoms with E-state index < -0.39 is 67.6 Å². The molecule has 0 aliphatic carbocycles. The van der Waals surface area contributed by atoms with Crippen molar-refractivity contribution in [2.75, 3.05) is 11.5 Å². The predicted molar refractivity (Wildman–Crippen MR) is 145 cm³/mol. The lowest BCUT2D eigenvalue weighted by Gasteiger charge is -2.15. The first kappa shape index (κ1) is 37.5. The van der Waals surface area contributed by atoms with Crippen molar-refractivity contribution < 1.29 is 49.4 Å². The average molecular weight is 643 g/mol. The number of nitro groups is 2. The third-order valence-corrected chi connectivity index (χ3v) is 6.40. The topological polar surface area (TPSA) is 138 Å². The number of hydrogen-bond acceptors (Lipinski definition) is 6. The summed E-state index contributed by atoms with van der Waals surface area (Å²) >= 11 is 0. The molecule has 0 spiro atoms. The molecule has 0 aliphatic heterocycles. The molecule has 242 valence electrons. The molecule has 0 saturated heterocycles. The Morgan fingerprint density at radius 2 is 1.05 bits per heavy atom. The van der Waals surface area contributed by atoms with E-state index in [2.05, 4.69) is 0 Å². The molecule has 0 amide bonds. The second-order valence-corrected chi connectivity index (χ2v) is 9.54. The molecule has 0 bridgehead atoms. The van der Waals surface area contributed by atoms with Crippen molar-refractivity contribution >= 4 is 22.7 Å². The molecule has 17 heteroatoms. The van der Waals surface area contributed by atoms with Gasteiger partial charge in [0.2, 0.25) is 0 Å². The van der Waals surface area contributed by atoms with Crippen molar-refractivity contribution in [2.24, 2.45) is 0 Å². The maximum Gasteiger partial charge on any atom is 0.417 e. The van der Waals surface area contributed by atoms with Gasteiger partial charge in [-0.05, 0) is 70.4 Å². The molecule has 0 unspecified atom stereocenters. The van der Waals surface area contributed by atoms with E-state index in [1.165, 1.54) is 26.0 Å². The fraction of sp³-hybridized carbons (Fsp3) is 0.333. The number of anilines is 2. The number of alkyl halides is 9.